The van der Waals surface area contributed by atoms with Gasteiger partial charge in [-0.3, -0.25) is 9.59 Å². The summed E-state index contributed by atoms with van der Waals surface area (Å²) in [6, 6.07) is 9.32. The van der Waals surface area contributed by atoms with Gasteiger partial charge in [-0.2, -0.15) is 0 Å². The summed E-state index contributed by atoms with van der Waals surface area (Å²) in [5.74, 6) is -0.420. The third-order valence-electron chi connectivity index (χ3n) is 6.12. The van der Waals surface area contributed by atoms with E-state index in [1.54, 1.807) is 41.5 Å². The second-order valence-electron chi connectivity index (χ2n) is 12.8. The van der Waals surface area contributed by atoms with Crippen molar-refractivity contribution in [2.75, 3.05) is 59.4 Å². The molecule has 0 radical (unpaired) electrons. The Balaban J connectivity index is 2.56. The van der Waals surface area contributed by atoms with E-state index in [1.807, 2.05) is 37.4 Å². The maximum Gasteiger partial charge on any atom is 0.407 e. The van der Waals surface area contributed by atoms with Gasteiger partial charge < -0.3 is 45.3 Å². The van der Waals surface area contributed by atoms with Crippen LogP contribution in [-0.2, 0) is 30.4 Å². The number of carbonyl (C=O) groups is 5. The quantitative estimate of drug-likeness (QED) is 0.0984. The predicted octanol–water partition coefficient (Wildman–Crippen LogP) is 2.42. The molecule has 1 aromatic carbocycles. The first kappa shape index (κ1) is 39.0. The molecule has 0 unspecified atom stereocenters. The lowest BCUT2D eigenvalue weighted by Gasteiger charge is -2.34. The molecular formula is C31H53N6O8+. The summed E-state index contributed by atoms with van der Waals surface area (Å²) in [4.78, 5) is 60.8. The van der Waals surface area contributed by atoms with Gasteiger partial charge in [-0.25, -0.2) is 14.4 Å². The van der Waals surface area contributed by atoms with Crippen LogP contribution in [0.2, 0.25) is 0 Å². The van der Waals surface area contributed by atoms with E-state index < -0.39 is 29.5 Å². The number of benzene rings is 1. The van der Waals surface area contributed by atoms with Gasteiger partial charge in [0.2, 0.25) is 11.8 Å². The normalized spacial score (nSPS) is 11.5. The topological polar surface area (TPSA) is 173 Å². The Morgan fingerprint density at radius 1 is 0.600 bits per heavy atom. The van der Waals surface area contributed by atoms with Crippen molar-refractivity contribution in [3.63, 3.8) is 0 Å². The molecule has 14 nitrogen and oxygen atoms in total. The maximum atomic E-state index is 12.5. The number of likely N-dealkylation sites (N-methyl/N-ethyl adjacent to an activating group) is 1. The van der Waals surface area contributed by atoms with Crippen LogP contribution in [0.25, 0.3) is 0 Å². The van der Waals surface area contributed by atoms with Gasteiger partial charge in [0, 0.05) is 26.2 Å². The molecule has 5 N–H and O–H groups in total. The summed E-state index contributed by atoms with van der Waals surface area (Å²) in [7, 11) is 1.91. The van der Waals surface area contributed by atoms with Crippen molar-refractivity contribution in [3.8, 4) is 0 Å². The molecular weight excluding hydrogens is 584 g/mol. The van der Waals surface area contributed by atoms with Crippen LogP contribution in [0.1, 0.15) is 59.9 Å². The number of carbonyl (C=O) groups excluding carboxylic acids is 5. The van der Waals surface area contributed by atoms with E-state index in [4.69, 9.17) is 14.2 Å². The van der Waals surface area contributed by atoms with Crippen molar-refractivity contribution in [1.82, 2.24) is 26.6 Å². The molecule has 0 aliphatic carbocycles. The molecule has 0 spiro atoms. The van der Waals surface area contributed by atoms with Gasteiger partial charge in [0.1, 0.15) is 17.8 Å². The lowest BCUT2D eigenvalue weighted by molar-refractivity contribution is -0.907. The van der Waals surface area contributed by atoms with Crippen molar-refractivity contribution in [3.05, 3.63) is 35.9 Å². The maximum absolute atomic E-state index is 12.5. The zero-order valence-electron chi connectivity index (χ0n) is 27.9. The Kier molecular flexibility index (Phi) is 16.7. The third kappa shape index (κ3) is 21.3. The molecule has 14 heteroatoms. The monoisotopic (exact) mass is 637 g/mol. The SMILES string of the molecule is CC(C)(C)OC(=O)NCCNC(=O)CC[N+](C)(CCNC(=O)OCc1ccccc1)CCC(=O)NCCNC(=O)OC(C)(C)C. The highest BCUT2D eigenvalue weighted by Gasteiger charge is 2.25. The molecule has 1 rings (SSSR count). The van der Waals surface area contributed by atoms with E-state index in [1.165, 1.54) is 0 Å². The number of hydrogen-bond acceptors (Lipinski definition) is 8. The standard InChI is InChI=1S/C31H52N6O8/c1-30(2,3)44-28(41)34-17-15-32-25(38)13-20-37(7,22-19-36-27(40)43-23-24-11-9-8-10-12-24)21-14-26(39)33-16-18-35-29(42)45-31(4,5)6/h8-12H,13-23H2,1-7H3,(H4-,32,33,34,35,36,38,39,40,41,42)/p+1. The van der Waals surface area contributed by atoms with E-state index in [0.717, 1.165) is 5.56 Å². The number of nitrogens with one attached hydrogen (secondary N) is 5. The fourth-order valence-electron chi connectivity index (χ4n) is 3.82. The van der Waals surface area contributed by atoms with Gasteiger partial charge in [-0.15, -0.1) is 0 Å². The van der Waals surface area contributed by atoms with Crippen LogP contribution in [0.4, 0.5) is 14.4 Å². The smallest absolute Gasteiger partial charge is 0.407 e. The Hall–Kier alpha value is -4.07. The predicted molar refractivity (Wildman–Crippen MR) is 169 cm³/mol. The highest BCUT2D eigenvalue weighted by atomic mass is 16.6. The molecule has 0 bridgehead atoms. The molecule has 0 heterocycles. The average Bonchev–Trinajstić information content (AvgIpc) is 2.93. The molecule has 254 valence electrons. The minimum absolute atomic E-state index is 0.144. The van der Waals surface area contributed by atoms with Gasteiger partial charge in [0.25, 0.3) is 0 Å². The van der Waals surface area contributed by atoms with E-state index in [9.17, 15) is 24.0 Å². The summed E-state index contributed by atoms with van der Waals surface area (Å²) in [5, 5.41) is 13.5. The molecule has 0 saturated carbocycles. The molecule has 0 aromatic heterocycles. The number of amides is 5. The second kappa shape index (κ2) is 19.3. The number of quaternary nitrogens is 1. The van der Waals surface area contributed by atoms with Crippen LogP contribution >= 0.6 is 0 Å². The van der Waals surface area contributed by atoms with Crippen LogP contribution in [-0.4, -0.2) is 105 Å². The lowest BCUT2D eigenvalue weighted by Crippen LogP contribution is -2.52. The van der Waals surface area contributed by atoms with Gasteiger partial charge >= 0.3 is 18.3 Å². The zero-order valence-corrected chi connectivity index (χ0v) is 27.9. The number of ether oxygens (including phenoxy) is 3. The Labute approximate surface area is 266 Å². The fraction of sp³-hybridized carbons (Fsp3) is 0.645. The third-order valence-corrected chi connectivity index (χ3v) is 6.12. The highest BCUT2D eigenvalue weighted by molar-refractivity contribution is 5.76. The van der Waals surface area contributed by atoms with Gasteiger partial charge in [0.15, 0.2) is 0 Å². The van der Waals surface area contributed by atoms with Crippen LogP contribution < -0.4 is 26.6 Å². The summed E-state index contributed by atoms with van der Waals surface area (Å²) < 4.78 is 15.9. The van der Waals surface area contributed by atoms with E-state index in [2.05, 4.69) is 26.6 Å². The molecule has 0 saturated heterocycles. The molecule has 0 aliphatic heterocycles. The first-order valence-corrected chi connectivity index (χ1v) is 15.2. The Morgan fingerprint density at radius 3 is 1.47 bits per heavy atom. The molecule has 1 aromatic rings. The highest BCUT2D eigenvalue weighted by Crippen LogP contribution is 2.08. The van der Waals surface area contributed by atoms with Crippen molar-refractivity contribution in [2.45, 2.75) is 72.2 Å². The summed E-state index contributed by atoms with van der Waals surface area (Å²) in [6.45, 7) is 13.1. The van der Waals surface area contributed by atoms with Gasteiger partial charge in [0.05, 0.1) is 46.1 Å². The largest absolute Gasteiger partial charge is 0.445 e. The van der Waals surface area contributed by atoms with E-state index in [0.29, 0.717) is 24.1 Å². The van der Waals surface area contributed by atoms with Crippen molar-refractivity contribution < 1.29 is 42.7 Å². The van der Waals surface area contributed by atoms with Crippen LogP contribution in [0, 0.1) is 0 Å². The van der Waals surface area contributed by atoms with Crippen LogP contribution in [0.15, 0.2) is 30.3 Å². The minimum Gasteiger partial charge on any atom is -0.445 e. The molecule has 5 amide bonds. The van der Waals surface area contributed by atoms with Crippen LogP contribution in [0.5, 0.6) is 0 Å². The number of nitrogens with zero attached hydrogens (tertiary/aromatic N) is 1. The number of rotatable bonds is 17. The van der Waals surface area contributed by atoms with E-state index >= 15 is 0 Å². The van der Waals surface area contributed by atoms with Crippen LogP contribution in [0.3, 0.4) is 0 Å². The Bertz CT molecular complexity index is 1030. The average molecular weight is 638 g/mol. The summed E-state index contributed by atoms with van der Waals surface area (Å²) >= 11 is 0. The van der Waals surface area contributed by atoms with Gasteiger partial charge in [-0.1, -0.05) is 30.3 Å². The number of hydrogen-bond donors (Lipinski definition) is 5. The summed E-state index contributed by atoms with van der Waals surface area (Å²) in [5.41, 5.74) is -0.360. The van der Waals surface area contributed by atoms with Gasteiger partial charge in [-0.05, 0) is 47.1 Å². The van der Waals surface area contributed by atoms with Crippen molar-refractivity contribution in [1.29, 1.82) is 0 Å². The lowest BCUT2D eigenvalue weighted by atomic mass is 10.2. The first-order chi connectivity index (χ1) is 21.0. The molecule has 0 atom stereocenters. The summed E-state index contributed by atoms with van der Waals surface area (Å²) in [6.07, 6.45) is -1.34. The minimum atomic E-state index is -0.614. The second-order valence-corrected chi connectivity index (χ2v) is 12.8. The first-order valence-electron chi connectivity index (χ1n) is 15.2. The molecule has 0 aliphatic rings. The fourth-order valence-corrected chi connectivity index (χ4v) is 3.82. The number of alkyl carbamates (subject to hydrolysis) is 3. The zero-order chi connectivity index (χ0) is 33.9. The van der Waals surface area contributed by atoms with Crippen molar-refractivity contribution >= 4 is 30.1 Å². The van der Waals surface area contributed by atoms with E-state index in [-0.39, 0.29) is 64.0 Å². The molecule has 45 heavy (non-hydrogen) atoms. The Morgan fingerprint density at radius 2 is 1.02 bits per heavy atom. The van der Waals surface area contributed by atoms with Crippen molar-refractivity contribution in [2.24, 2.45) is 0 Å². The molecule has 0 fully saturated rings.